The molecule has 0 radical (unpaired) electrons. The zero-order chi connectivity index (χ0) is 14.0. The molecule has 1 atom stereocenters. The minimum absolute atomic E-state index is 0.0638. The fourth-order valence-electron chi connectivity index (χ4n) is 1.91. The van der Waals surface area contributed by atoms with Gasteiger partial charge in [0, 0.05) is 12.1 Å². The Morgan fingerprint density at radius 3 is 2.95 bits per heavy atom. The first-order valence-corrected chi connectivity index (χ1v) is 7.06. The number of aromatic nitrogens is 2. The van der Waals surface area contributed by atoms with Gasteiger partial charge in [-0.3, -0.25) is 4.68 Å². The molecule has 1 heterocycles. The van der Waals surface area contributed by atoms with Gasteiger partial charge in [-0.1, -0.05) is 30.7 Å². The number of benzene rings is 1. The number of halogens is 3. The van der Waals surface area contributed by atoms with Crippen molar-refractivity contribution in [2.75, 3.05) is 0 Å². The first kappa shape index (κ1) is 14.5. The topological polar surface area (TPSA) is 38.0 Å². The molecule has 19 heavy (non-hydrogen) atoms. The van der Waals surface area contributed by atoms with E-state index < -0.39 is 11.9 Å². The Balaban J connectivity index is 2.46. The molecule has 0 saturated heterocycles. The van der Waals surface area contributed by atoms with E-state index in [1.54, 1.807) is 16.9 Å². The molecule has 102 valence electrons. The fourth-order valence-corrected chi connectivity index (χ4v) is 2.66. The second kappa shape index (κ2) is 6.03. The molecule has 1 aromatic heterocycles. The van der Waals surface area contributed by atoms with E-state index in [1.807, 2.05) is 6.92 Å². The van der Waals surface area contributed by atoms with Crippen LogP contribution in [0.4, 0.5) is 4.39 Å². The molecule has 6 heteroatoms. The highest BCUT2D eigenvalue weighted by atomic mass is 79.9. The molecule has 1 aromatic carbocycles. The van der Waals surface area contributed by atoms with Gasteiger partial charge >= 0.3 is 0 Å². The van der Waals surface area contributed by atoms with Crippen LogP contribution in [0.5, 0.6) is 0 Å². The Morgan fingerprint density at radius 1 is 1.53 bits per heavy atom. The van der Waals surface area contributed by atoms with E-state index in [0.717, 1.165) is 6.42 Å². The molecule has 0 aliphatic heterocycles. The van der Waals surface area contributed by atoms with Crippen molar-refractivity contribution < 1.29 is 9.50 Å². The Labute approximate surface area is 124 Å². The Bertz CT molecular complexity index is 588. The molecule has 0 saturated carbocycles. The average Bonchev–Trinajstić information content (AvgIpc) is 2.74. The summed E-state index contributed by atoms with van der Waals surface area (Å²) in [5.74, 6) is -0.545. The second-order valence-electron chi connectivity index (χ2n) is 4.15. The molecule has 0 spiro atoms. The SMILES string of the molecule is CCCn1ncc(Br)c1C(O)c1cccc(F)c1Cl. The molecule has 0 aliphatic carbocycles. The maximum absolute atomic E-state index is 13.5. The minimum Gasteiger partial charge on any atom is -0.382 e. The number of nitrogens with zero attached hydrogens (tertiary/aromatic N) is 2. The van der Waals surface area contributed by atoms with Crippen molar-refractivity contribution in [3.8, 4) is 0 Å². The van der Waals surface area contributed by atoms with Crippen molar-refractivity contribution in [2.24, 2.45) is 0 Å². The molecule has 1 unspecified atom stereocenters. The third kappa shape index (κ3) is 2.83. The van der Waals surface area contributed by atoms with Gasteiger partial charge in [-0.05, 0) is 28.4 Å². The summed E-state index contributed by atoms with van der Waals surface area (Å²) in [6.45, 7) is 2.69. The number of hydrogen-bond acceptors (Lipinski definition) is 2. The predicted molar refractivity (Wildman–Crippen MR) is 75.7 cm³/mol. The van der Waals surface area contributed by atoms with Crippen LogP contribution >= 0.6 is 27.5 Å². The van der Waals surface area contributed by atoms with Crippen LogP contribution in [-0.2, 0) is 6.54 Å². The van der Waals surface area contributed by atoms with Crippen molar-refractivity contribution in [1.82, 2.24) is 9.78 Å². The van der Waals surface area contributed by atoms with Crippen LogP contribution in [0.3, 0.4) is 0 Å². The zero-order valence-electron chi connectivity index (χ0n) is 10.3. The van der Waals surface area contributed by atoms with Gasteiger partial charge in [0.15, 0.2) is 0 Å². The first-order chi connectivity index (χ1) is 9.06. The van der Waals surface area contributed by atoms with Crippen LogP contribution in [0, 0.1) is 5.82 Å². The summed E-state index contributed by atoms with van der Waals surface area (Å²) in [6.07, 6.45) is 1.47. The summed E-state index contributed by atoms with van der Waals surface area (Å²) in [5.41, 5.74) is 0.912. The number of hydrogen-bond donors (Lipinski definition) is 1. The lowest BCUT2D eigenvalue weighted by Gasteiger charge is -2.15. The highest BCUT2D eigenvalue weighted by molar-refractivity contribution is 9.10. The van der Waals surface area contributed by atoms with Gasteiger partial charge in [0.2, 0.25) is 0 Å². The van der Waals surface area contributed by atoms with Crippen LogP contribution in [0.15, 0.2) is 28.9 Å². The van der Waals surface area contributed by atoms with Gasteiger partial charge in [0.25, 0.3) is 0 Å². The van der Waals surface area contributed by atoms with Crippen molar-refractivity contribution >= 4 is 27.5 Å². The lowest BCUT2D eigenvalue weighted by Crippen LogP contribution is -2.11. The second-order valence-corrected chi connectivity index (χ2v) is 5.38. The molecule has 3 nitrogen and oxygen atoms in total. The molecule has 0 aliphatic rings. The Morgan fingerprint density at radius 2 is 2.26 bits per heavy atom. The summed E-state index contributed by atoms with van der Waals surface area (Å²) < 4.78 is 15.8. The van der Waals surface area contributed by atoms with Crippen molar-refractivity contribution in [3.05, 3.63) is 51.0 Å². The molecule has 0 fully saturated rings. The van der Waals surface area contributed by atoms with E-state index in [9.17, 15) is 9.50 Å². The Hall–Kier alpha value is -0.910. The summed E-state index contributed by atoms with van der Waals surface area (Å²) in [4.78, 5) is 0. The van der Waals surface area contributed by atoms with Gasteiger partial charge in [-0.25, -0.2) is 4.39 Å². The monoisotopic (exact) mass is 346 g/mol. The largest absolute Gasteiger partial charge is 0.382 e. The lowest BCUT2D eigenvalue weighted by molar-refractivity contribution is 0.206. The third-order valence-corrected chi connectivity index (χ3v) is 3.81. The third-order valence-electron chi connectivity index (χ3n) is 2.80. The molecule has 1 N–H and O–H groups in total. The quantitative estimate of drug-likeness (QED) is 0.910. The van der Waals surface area contributed by atoms with Gasteiger partial charge in [0.1, 0.15) is 11.9 Å². The van der Waals surface area contributed by atoms with E-state index in [1.165, 1.54) is 12.1 Å². The number of aryl methyl sites for hydroxylation is 1. The maximum Gasteiger partial charge on any atom is 0.142 e. The molecule has 0 bridgehead atoms. The highest BCUT2D eigenvalue weighted by Gasteiger charge is 2.22. The van der Waals surface area contributed by atoms with Crippen LogP contribution in [0.2, 0.25) is 5.02 Å². The van der Waals surface area contributed by atoms with E-state index in [0.29, 0.717) is 22.3 Å². The van der Waals surface area contributed by atoms with Gasteiger partial charge in [-0.2, -0.15) is 5.10 Å². The molecular formula is C13H13BrClFN2O. The van der Waals surface area contributed by atoms with E-state index in [4.69, 9.17) is 11.6 Å². The lowest BCUT2D eigenvalue weighted by atomic mass is 10.1. The number of aliphatic hydroxyl groups excluding tert-OH is 1. The van der Waals surface area contributed by atoms with E-state index in [-0.39, 0.29) is 5.02 Å². The molecule has 2 aromatic rings. The highest BCUT2D eigenvalue weighted by Crippen LogP contribution is 2.33. The molecule has 2 rings (SSSR count). The summed E-state index contributed by atoms with van der Waals surface area (Å²) in [6, 6.07) is 4.39. The minimum atomic E-state index is -1.02. The van der Waals surface area contributed by atoms with E-state index in [2.05, 4.69) is 21.0 Å². The Kier molecular flexibility index (Phi) is 4.60. The average molecular weight is 348 g/mol. The number of rotatable bonds is 4. The summed E-state index contributed by atoms with van der Waals surface area (Å²) in [7, 11) is 0. The van der Waals surface area contributed by atoms with E-state index >= 15 is 0 Å². The molecule has 0 amide bonds. The van der Waals surface area contributed by atoms with Gasteiger partial charge in [0.05, 0.1) is 21.4 Å². The number of aliphatic hydroxyl groups is 1. The summed E-state index contributed by atoms with van der Waals surface area (Å²) >= 11 is 9.25. The standard InChI is InChI=1S/C13H13BrClFN2O/c1-2-6-18-12(9(14)7-17-18)13(19)8-4-3-5-10(16)11(8)15/h3-5,7,13,19H,2,6H2,1H3. The van der Waals surface area contributed by atoms with Crippen LogP contribution in [0.25, 0.3) is 0 Å². The van der Waals surface area contributed by atoms with Crippen molar-refractivity contribution in [1.29, 1.82) is 0 Å². The maximum atomic E-state index is 13.5. The predicted octanol–water partition coefficient (Wildman–Crippen LogP) is 3.93. The van der Waals surface area contributed by atoms with Crippen LogP contribution in [0.1, 0.15) is 30.7 Å². The summed E-state index contributed by atoms with van der Waals surface area (Å²) in [5, 5.41) is 14.5. The normalized spacial score (nSPS) is 12.7. The van der Waals surface area contributed by atoms with Gasteiger partial charge < -0.3 is 5.11 Å². The fraction of sp³-hybridized carbons (Fsp3) is 0.308. The van der Waals surface area contributed by atoms with Crippen LogP contribution in [-0.4, -0.2) is 14.9 Å². The van der Waals surface area contributed by atoms with Crippen molar-refractivity contribution in [3.63, 3.8) is 0 Å². The van der Waals surface area contributed by atoms with Crippen LogP contribution < -0.4 is 0 Å². The smallest absolute Gasteiger partial charge is 0.142 e. The van der Waals surface area contributed by atoms with Gasteiger partial charge in [-0.15, -0.1) is 0 Å². The first-order valence-electron chi connectivity index (χ1n) is 5.89. The van der Waals surface area contributed by atoms with Crippen molar-refractivity contribution in [2.45, 2.75) is 26.0 Å². The molecular weight excluding hydrogens is 335 g/mol. The zero-order valence-corrected chi connectivity index (χ0v) is 12.6.